The number of likely N-dealkylation sites (N-methyl/N-ethyl adjacent to an activating group) is 1. The number of amides is 4. The largest absolute Gasteiger partial charge is 0.444 e. The van der Waals surface area contributed by atoms with Crippen molar-refractivity contribution >= 4 is 40.7 Å². The lowest BCUT2D eigenvalue weighted by Crippen LogP contribution is -2.46. The SMILES string of the molecule is CN1CCN(CCCN(Cc2ccc(C(=O)Nc3ccccc3NC(=O)OC(C)(C)C)nc2)C(=O)NCCc2nccs2)CC1. The summed E-state index contributed by atoms with van der Waals surface area (Å²) >= 11 is 1.57. The zero-order valence-electron chi connectivity index (χ0n) is 26.5. The molecule has 4 rings (SSSR count). The molecule has 0 radical (unpaired) electrons. The Balaban J connectivity index is 1.35. The molecule has 45 heavy (non-hydrogen) atoms. The van der Waals surface area contributed by atoms with Crippen LogP contribution in [0, 0.1) is 0 Å². The van der Waals surface area contributed by atoms with Gasteiger partial charge in [-0.25, -0.2) is 14.6 Å². The van der Waals surface area contributed by atoms with Gasteiger partial charge in [0.25, 0.3) is 5.91 Å². The Morgan fingerprint density at radius 1 is 1.00 bits per heavy atom. The highest BCUT2D eigenvalue weighted by Crippen LogP contribution is 2.23. The molecule has 12 nitrogen and oxygen atoms in total. The number of thiazole rings is 1. The number of aromatic nitrogens is 2. The predicted octanol–water partition coefficient (Wildman–Crippen LogP) is 4.53. The maximum atomic E-state index is 13.2. The first-order chi connectivity index (χ1) is 21.6. The molecule has 2 aromatic heterocycles. The zero-order chi connectivity index (χ0) is 32.2. The second-order valence-electron chi connectivity index (χ2n) is 12.0. The second kappa shape index (κ2) is 16.3. The maximum absolute atomic E-state index is 13.2. The van der Waals surface area contributed by atoms with Crippen molar-refractivity contribution < 1.29 is 19.1 Å². The van der Waals surface area contributed by atoms with E-state index in [9.17, 15) is 14.4 Å². The van der Waals surface area contributed by atoms with Gasteiger partial charge in [-0.05, 0) is 64.5 Å². The molecule has 0 saturated carbocycles. The Morgan fingerprint density at radius 2 is 1.73 bits per heavy atom. The van der Waals surface area contributed by atoms with Gasteiger partial charge in [0.05, 0.1) is 16.4 Å². The molecule has 3 N–H and O–H groups in total. The van der Waals surface area contributed by atoms with Crippen molar-refractivity contribution in [2.45, 2.75) is 45.8 Å². The van der Waals surface area contributed by atoms with Gasteiger partial charge in [-0.2, -0.15) is 0 Å². The topological polar surface area (TPSA) is 132 Å². The van der Waals surface area contributed by atoms with Crippen LogP contribution in [0.1, 0.15) is 48.3 Å². The van der Waals surface area contributed by atoms with Crippen molar-refractivity contribution in [1.29, 1.82) is 0 Å². The summed E-state index contributed by atoms with van der Waals surface area (Å²) < 4.78 is 5.33. The van der Waals surface area contributed by atoms with Gasteiger partial charge in [0.2, 0.25) is 0 Å². The molecule has 0 spiro atoms. The van der Waals surface area contributed by atoms with Crippen LogP contribution in [0.2, 0.25) is 0 Å². The molecule has 0 bridgehead atoms. The number of carbonyl (C=O) groups is 3. The van der Waals surface area contributed by atoms with Gasteiger partial charge >= 0.3 is 12.1 Å². The van der Waals surface area contributed by atoms with E-state index in [2.05, 4.69) is 42.8 Å². The predicted molar refractivity (Wildman–Crippen MR) is 177 cm³/mol. The van der Waals surface area contributed by atoms with Crippen molar-refractivity contribution in [3.63, 3.8) is 0 Å². The van der Waals surface area contributed by atoms with Crippen LogP contribution >= 0.6 is 11.3 Å². The van der Waals surface area contributed by atoms with Gasteiger partial charge in [-0.1, -0.05) is 18.2 Å². The average molecular weight is 637 g/mol. The highest BCUT2D eigenvalue weighted by atomic mass is 32.1. The van der Waals surface area contributed by atoms with Crippen LogP contribution in [-0.4, -0.2) is 101 Å². The van der Waals surface area contributed by atoms with Crippen LogP contribution in [0.4, 0.5) is 21.0 Å². The highest BCUT2D eigenvalue weighted by Gasteiger charge is 2.20. The first-order valence-electron chi connectivity index (χ1n) is 15.2. The molecule has 0 atom stereocenters. The van der Waals surface area contributed by atoms with Crippen LogP contribution in [0.15, 0.2) is 54.2 Å². The lowest BCUT2D eigenvalue weighted by atomic mass is 10.2. The maximum Gasteiger partial charge on any atom is 0.412 e. The number of piperazine rings is 1. The number of pyridine rings is 1. The van der Waals surface area contributed by atoms with E-state index in [-0.39, 0.29) is 11.7 Å². The number of hydrogen-bond acceptors (Lipinski definition) is 9. The quantitative estimate of drug-likeness (QED) is 0.264. The molecule has 1 saturated heterocycles. The molecule has 3 aromatic rings. The lowest BCUT2D eigenvalue weighted by Gasteiger charge is -2.33. The van der Waals surface area contributed by atoms with Gasteiger partial charge < -0.3 is 30.1 Å². The normalized spacial score (nSPS) is 14.0. The molecule has 1 fully saturated rings. The molecule has 1 aromatic carbocycles. The van der Waals surface area contributed by atoms with E-state index < -0.39 is 17.6 Å². The minimum Gasteiger partial charge on any atom is -0.444 e. The fourth-order valence-corrected chi connectivity index (χ4v) is 5.37. The standard InChI is InChI=1S/C32H44N8O4S/c1-32(2,3)44-31(43)37-26-9-6-5-8-25(26)36-29(41)27-11-10-24(22-35-27)23-40(16-7-15-39-19-17-38(4)18-20-39)30(42)34-13-12-28-33-14-21-45-28/h5-6,8-11,14,21-22H,7,12-13,15-20,23H2,1-4H3,(H,34,42)(H,36,41)(H,37,43). The van der Waals surface area contributed by atoms with E-state index in [0.29, 0.717) is 37.4 Å². The minimum absolute atomic E-state index is 0.138. The first-order valence-corrected chi connectivity index (χ1v) is 16.1. The summed E-state index contributed by atoms with van der Waals surface area (Å²) in [6, 6.07) is 10.2. The van der Waals surface area contributed by atoms with Gasteiger partial charge in [0, 0.05) is 70.0 Å². The molecular weight excluding hydrogens is 592 g/mol. The molecule has 13 heteroatoms. The lowest BCUT2D eigenvalue weighted by molar-refractivity contribution is 0.0635. The van der Waals surface area contributed by atoms with Crippen molar-refractivity contribution in [3.05, 3.63) is 70.4 Å². The Labute approximate surface area is 269 Å². The van der Waals surface area contributed by atoms with Gasteiger partial charge in [0.1, 0.15) is 11.3 Å². The van der Waals surface area contributed by atoms with Gasteiger partial charge in [0.15, 0.2) is 0 Å². The Hall–Kier alpha value is -4.07. The summed E-state index contributed by atoms with van der Waals surface area (Å²) in [5.74, 6) is -0.427. The van der Waals surface area contributed by atoms with E-state index in [4.69, 9.17) is 4.74 Å². The molecular formula is C32H44N8O4S. The summed E-state index contributed by atoms with van der Waals surface area (Å²) in [6.07, 6.45) is 4.31. The molecule has 1 aliphatic heterocycles. The number of rotatable bonds is 12. The summed E-state index contributed by atoms with van der Waals surface area (Å²) in [7, 11) is 2.14. The number of hydrogen-bond donors (Lipinski definition) is 3. The van der Waals surface area contributed by atoms with E-state index in [0.717, 1.165) is 49.7 Å². The third kappa shape index (κ3) is 11.4. The number of ether oxygens (including phenoxy) is 1. The summed E-state index contributed by atoms with van der Waals surface area (Å²) in [4.78, 5) is 53.8. The Morgan fingerprint density at radius 3 is 2.38 bits per heavy atom. The summed E-state index contributed by atoms with van der Waals surface area (Å²) in [5, 5.41) is 11.4. The highest BCUT2D eigenvalue weighted by molar-refractivity contribution is 7.09. The van der Waals surface area contributed by atoms with Crippen LogP contribution in [0.25, 0.3) is 0 Å². The van der Waals surface area contributed by atoms with E-state index in [1.165, 1.54) is 0 Å². The summed E-state index contributed by atoms with van der Waals surface area (Å²) in [6.45, 7) is 11.9. The molecule has 0 unspecified atom stereocenters. The van der Waals surface area contributed by atoms with Crippen molar-refractivity contribution in [3.8, 4) is 0 Å². The van der Waals surface area contributed by atoms with Crippen LogP contribution in [-0.2, 0) is 17.7 Å². The number of anilines is 2. The smallest absolute Gasteiger partial charge is 0.412 e. The zero-order valence-corrected chi connectivity index (χ0v) is 27.4. The number of urea groups is 1. The van der Waals surface area contributed by atoms with Crippen LogP contribution in [0.3, 0.4) is 0 Å². The number of nitrogens with one attached hydrogen (secondary N) is 3. The number of benzene rings is 1. The van der Waals surface area contributed by atoms with Gasteiger partial charge in [-0.15, -0.1) is 11.3 Å². The Bertz CT molecular complexity index is 1390. The summed E-state index contributed by atoms with van der Waals surface area (Å²) in [5.41, 5.74) is 1.19. The van der Waals surface area contributed by atoms with Crippen LogP contribution in [0.5, 0.6) is 0 Å². The minimum atomic E-state index is -0.656. The van der Waals surface area contributed by atoms with Crippen LogP contribution < -0.4 is 16.0 Å². The van der Waals surface area contributed by atoms with Crippen molar-refractivity contribution in [2.24, 2.45) is 0 Å². The fourth-order valence-electron chi connectivity index (χ4n) is 4.75. The number of para-hydroxylation sites is 2. The molecule has 242 valence electrons. The van der Waals surface area contributed by atoms with Crippen molar-refractivity contribution in [1.82, 2.24) is 30.0 Å². The molecule has 4 amide bonds. The molecule has 0 aliphatic carbocycles. The molecule has 1 aliphatic rings. The third-order valence-electron chi connectivity index (χ3n) is 7.13. The van der Waals surface area contributed by atoms with Crippen molar-refractivity contribution in [2.75, 3.05) is 63.5 Å². The second-order valence-corrected chi connectivity index (χ2v) is 13.0. The monoisotopic (exact) mass is 636 g/mol. The number of carbonyl (C=O) groups excluding carboxylic acids is 3. The Kier molecular flexibility index (Phi) is 12.2. The van der Waals surface area contributed by atoms with E-state index in [1.807, 2.05) is 11.4 Å². The van der Waals surface area contributed by atoms with Gasteiger partial charge in [-0.3, -0.25) is 15.1 Å². The first kappa shape index (κ1) is 33.8. The number of nitrogens with zero attached hydrogens (tertiary/aromatic N) is 5. The molecule has 3 heterocycles. The van der Waals surface area contributed by atoms with E-state index in [1.54, 1.807) is 79.7 Å². The fraction of sp³-hybridized carbons (Fsp3) is 0.469. The average Bonchev–Trinajstić information content (AvgIpc) is 3.51. The third-order valence-corrected chi connectivity index (χ3v) is 7.97. The van der Waals surface area contributed by atoms with E-state index >= 15 is 0 Å².